The van der Waals surface area contributed by atoms with E-state index in [1.165, 1.54) is 14.2 Å². The lowest BCUT2D eigenvalue weighted by Crippen LogP contribution is -2.24. The van der Waals surface area contributed by atoms with Crippen molar-refractivity contribution in [2.45, 2.75) is 0 Å². The molecule has 0 saturated carbocycles. The van der Waals surface area contributed by atoms with E-state index in [0.29, 0.717) is 0 Å². The molecule has 12 heteroatoms. The lowest BCUT2D eigenvalue weighted by Gasteiger charge is -2.27. The predicted octanol–water partition coefficient (Wildman–Crippen LogP) is 9.27. The van der Waals surface area contributed by atoms with Crippen LogP contribution >= 0.6 is 15.2 Å². The molecule has 0 radical (unpaired) electrons. The van der Waals surface area contributed by atoms with Crippen molar-refractivity contribution in [1.82, 2.24) is 0 Å². The van der Waals surface area contributed by atoms with Crippen LogP contribution in [-0.4, -0.2) is 27.8 Å². The lowest BCUT2D eigenvalue weighted by molar-refractivity contribution is 0.0501. The predicted molar refractivity (Wildman–Crippen MR) is 200 cm³/mol. The van der Waals surface area contributed by atoms with Crippen molar-refractivity contribution in [2.24, 2.45) is 0 Å². The van der Waals surface area contributed by atoms with E-state index in [9.17, 15) is 0 Å². The van der Waals surface area contributed by atoms with Crippen molar-refractivity contribution >= 4 is 25.8 Å². The zero-order valence-corrected chi connectivity index (χ0v) is 30.2. The molecule has 6 aromatic rings. The summed E-state index contributed by atoms with van der Waals surface area (Å²) in [6.07, 6.45) is 0. The number of hydrogen-bond donors (Lipinski definition) is 0. The average Bonchev–Trinajstić information content (AvgIpc) is 3.17. The molecule has 0 heterocycles. The summed E-state index contributed by atoms with van der Waals surface area (Å²) < 4.78 is 79.1. The SMILES string of the molecule is COCOc1cccc(P(=O)(Oc2ccccc2)Oc2ccccc2)c1-c1c(OCOC)cccc1P(=O)(Oc1ccccc1)Oc1ccccc1. The monoisotopic (exact) mass is 738 g/mol. The second-order valence-corrected chi connectivity index (χ2v) is 14.7. The quantitative estimate of drug-likeness (QED) is 0.0664. The van der Waals surface area contributed by atoms with E-state index in [-0.39, 0.29) is 69.8 Å². The topological polar surface area (TPSA) is 108 Å². The van der Waals surface area contributed by atoms with E-state index >= 15 is 9.13 Å². The van der Waals surface area contributed by atoms with Gasteiger partial charge in [-0.3, -0.25) is 0 Å². The zero-order chi connectivity index (χ0) is 36.2. The van der Waals surface area contributed by atoms with Crippen LogP contribution < -0.4 is 38.2 Å². The van der Waals surface area contributed by atoms with E-state index in [1.807, 2.05) is 24.3 Å². The molecule has 0 aliphatic rings. The Bertz CT molecular complexity index is 1890. The van der Waals surface area contributed by atoms with Gasteiger partial charge in [0.1, 0.15) is 45.1 Å². The highest BCUT2D eigenvalue weighted by molar-refractivity contribution is 7.64. The van der Waals surface area contributed by atoms with Gasteiger partial charge in [-0.25, -0.2) is 9.13 Å². The minimum absolute atomic E-state index is 0.0644. The molecule has 0 N–H and O–H groups in total. The van der Waals surface area contributed by atoms with Crippen LogP contribution in [0.15, 0.2) is 158 Å². The first-order chi connectivity index (χ1) is 25.4. The van der Waals surface area contributed by atoms with Crippen molar-refractivity contribution in [3.63, 3.8) is 0 Å². The Morgan fingerprint density at radius 2 is 0.673 bits per heavy atom. The molecule has 0 aromatic heterocycles. The Morgan fingerprint density at radius 1 is 0.385 bits per heavy atom. The summed E-state index contributed by atoms with van der Waals surface area (Å²) in [4.78, 5) is 0. The van der Waals surface area contributed by atoms with Gasteiger partial charge in [-0.05, 0) is 72.8 Å². The fourth-order valence-electron chi connectivity index (χ4n) is 5.20. The molecule has 0 bridgehead atoms. The molecule has 266 valence electrons. The molecule has 0 atom stereocenters. The minimum atomic E-state index is -4.41. The smallest absolute Gasteiger partial charge is 0.463 e. The molecule has 0 fully saturated rings. The maximum Gasteiger partial charge on any atom is 0.463 e. The van der Waals surface area contributed by atoms with Gasteiger partial charge in [0.25, 0.3) is 0 Å². The molecule has 10 nitrogen and oxygen atoms in total. The van der Waals surface area contributed by atoms with Crippen LogP contribution in [-0.2, 0) is 18.6 Å². The van der Waals surface area contributed by atoms with Gasteiger partial charge in [0.15, 0.2) is 13.6 Å². The number of methoxy groups -OCH3 is 2. The van der Waals surface area contributed by atoms with Crippen LogP contribution in [0.2, 0.25) is 0 Å². The lowest BCUT2D eigenvalue weighted by atomic mass is 10.0. The number of benzene rings is 6. The summed E-state index contributed by atoms with van der Waals surface area (Å²) in [6, 6.07) is 44.5. The first kappa shape index (κ1) is 36.3. The fraction of sp³-hybridized carbons (Fsp3) is 0.100. The van der Waals surface area contributed by atoms with Gasteiger partial charge < -0.3 is 37.0 Å². The Hall–Kier alpha value is -5.50. The zero-order valence-electron chi connectivity index (χ0n) is 28.4. The standard InChI is InChI=1S/C40H36O10P2/c1-43-29-45-35-25-15-27-37(51(41,47-31-17-7-3-8-18-31)48-32-19-9-4-10-20-32)39(35)40-36(46-30-44-2)26-16-28-38(40)52(42,49-33-21-11-5-12-22-33)50-34-23-13-6-14-24-34/h3-28H,29-30H2,1-2H3. The van der Waals surface area contributed by atoms with E-state index < -0.39 is 15.2 Å². The van der Waals surface area contributed by atoms with E-state index in [1.54, 1.807) is 133 Å². The van der Waals surface area contributed by atoms with Crippen molar-refractivity contribution in [3.05, 3.63) is 158 Å². The number of hydrogen-bond acceptors (Lipinski definition) is 10. The van der Waals surface area contributed by atoms with E-state index in [2.05, 4.69) is 0 Å². The maximum absolute atomic E-state index is 15.5. The Kier molecular flexibility index (Phi) is 12.0. The minimum Gasteiger partial charge on any atom is -0.467 e. The Morgan fingerprint density at radius 3 is 0.942 bits per heavy atom. The normalized spacial score (nSPS) is 11.3. The Balaban J connectivity index is 1.66. The highest BCUT2D eigenvalue weighted by Crippen LogP contribution is 2.55. The van der Waals surface area contributed by atoms with Crippen LogP contribution in [0.3, 0.4) is 0 Å². The summed E-state index contributed by atoms with van der Waals surface area (Å²) in [5.41, 5.74) is 0.343. The third-order valence-electron chi connectivity index (χ3n) is 7.39. The van der Waals surface area contributed by atoms with Crippen molar-refractivity contribution in [3.8, 4) is 45.6 Å². The molecule has 6 rings (SSSR count). The molecule has 0 unspecified atom stereocenters. The first-order valence-corrected chi connectivity index (χ1v) is 19.2. The first-order valence-electron chi connectivity index (χ1n) is 16.1. The van der Waals surface area contributed by atoms with Crippen LogP contribution in [0.25, 0.3) is 11.1 Å². The molecular weight excluding hydrogens is 702 g/mol. The van der Waals surface area contributed by atoms with E-state index in [4.69, 9.17) is 37.0 Å². The summed E-state index contributed by atoms with van der Waals surface area (Å²) in [7, 11) is -5.87. The molecule has 0 saturated heterocycles. The summed E-state index contributed by atoms with van der Waals surface area (Å²) in [5, 5.41) is 0.129. The summed E-state index contributed by atoms with van der Waals surface area (Å²) in [5.74, 6) is 1.51. The Labute approximate surface area is 302 Å². The largest absolute Gasteiger partial charge is 0.467 e. The molecule has 52 heavy (non-hydrogen) atoms. The van der Waals surface area contributed by atoms with Crippen molar-refractivity contribution in [1.29, 1.82) is 0 Å². The van der Waals surface area contributed by atoms with Gasteiger partial charge in [-0.1, -0.05) is 84.9 Å². The van der Waals surface area contributed by atoms with Crippen LogP contribution in [0.4, 0.5) is 0 Å². The van der Waals surface area contributed by atoms with Gasteiger partial charge in [0.05, 0.1) is 0 Å². The molecule has 0 spiro atoms. The summed E-state index contributed by atoms with van der Waals surface area (Å²) in [6.45, 7) is -0.371. The average molecular weight is 739 g/mol. The molecular formula is C40H36O10P2. The van der Waals surface area contributed by atoms with Crippen LogP contribution in [0.1, 0.15) is 0 Å². The van der Waals surface area contributed by atoms with Gasteiger partial charge in [0.2, 0.25) is 0 Å². The number of para-hydroxylation sites is 4. The van der Waals surface area contributed by atoms with Crippen molar-refractivity contribution in [2.75, 3.05) is 27.8 Å². The fourth-order valence-corrected chi connectivity index (χ4v) is 8.79. The van der Waals surface area contributed by atoms with Crippen LogP contribution in [0.5, 0.6) is 34.5 Å². The van der Waals surface area contributed by atoms with E-state index in [0.717, 1.165) is 0 Å². The van der Waals surface area contributed by atoms with Gasteiger partial charge >= 0.3 is 15.2 Å². The third kappa shape index (κ3) is 8.68. The number of rotatable bonds is 17. The van der Waals surface area contributed by atoms with Gasteiger partial charge in [-0.2, -0.15) is 0 Å². The maximum atomic E-state index is 15.5. The second kappa shape index (κ2) is 17.1. The molecule has 0 amide bonds. The molecule has 6 aromatic carbocycles. The highest BCUT2D eigenvalue weighted by atomic mass is 31.2. The van der Waals surface area contributed by atoms with Gasteiger partial charge in [-0.15, -0.1) is 0 Å². The van der Waals surface area contributed by atoms with Gasteiger partial charge in [0, 0.05) is 25.3 Å². The number of ether oxygens (including phenoxy) is 4. The molecule has 0 aliphatic heterocycles. The third-order valence-corrected chi connectivity index (χ3v) is 11.1. The van der Waals surface area contributed by atoms with Crippen molar-refractivity contribution < 1.29 is 46.2 Å². The van der Waals surface area contributed by atoms with Crippen LogP contribution in [0, 0.1) is 0 Å². The molecule has 0 aliphatic carbocycles. The summed E-state index contributed by atoms with van der Waals surface area (Å²) >= 11 is 0. The highest BCUT2D eigenvalue weighted by Gasteiger charge is 2.42. The second-order valence-electron chi connectivity index (χ2n) is 11.0.